The number of fused-ring (bicyclic) bond motifs is 1. The van der Waals surface area contributed by atoms with Crippen LogP contribution in [0.5, 0.6) is 0 Å². The molecule has 0 spiro atoms. The lowest BCUT2D eigenvalue weighted by atomic mass is 9.85. The van der Waals surface area contributed by atoms with Crippen LogP contribution in [-0.4, -0.2) is 34.2 Å². The van der Waals surface area contributed by atoms with Crippen LogP contribution in [0.25, 0.3) is 0 Å². The predicted octanol–water partition coefficient (Wildman–Crippen LogP) is 5.26. The van der Waals surface area contributed by atoms with E-state index in [9.17, 15) is 4.79 Å². The molecule has 1 saturated carbocycles. The fourth-order valence-corrected chi connectivity index (χ4v) is 5.35. The molecule has 2 aliphatic heterocycles. The Bertz CT molecular complexity index is 1150. The van der Waals surface area contributed by atoms with Crippen LogP contribution in [0.1, 0.15) is 86.9 Å². The first-order valence-corrected chi connectivity index (χ1v) is 12.2. The number of hydrogen-bond donors (Lipinski definition) is 0. The van der Waals surface area contributed by atoms with Gasteiger partial charge < -0.3 is 4.90 Å². The minimum Gasteiger partial charge on any atom is -0.372 e. The molecule has 0 radical (unpaired) electrons. The molecule has 6 nitrogen and oxygen atoms in total. The summed E-state index contributed by atoms with van der Waals surface area (Å²) < 4.78 is 1.45. The van der Waals surface area contributed by atoms with Gasteiger partial charge in [0, 0.05) is 30.3 Å². The summed E-state index contributed by atoms with van der Waals surface area (Å²) in [6.07, 6.45) is 9.78. The Morgan fingerprint density at radius 1 is 0.969 bits per heavy atom. The van der Waals surface area contributed by atoms with Gasteiger partial charge in [0.2, 0.25) is 0 Å². The first-order chi connectivity index (χ1) is 15.5. The molecule has 0 amide bonds. The van der Waals surface area contributed by atoms with E-state index in [0.29, 0.717) is 17.5 Å². The van der Waals surface area contributed by atoms with Crippen molar-refractivity contribution >= 4 is 22.8 Å². The van der Waals surface area contributed by atoms with Crippen molar-refractivity contribution in [1.82, 2.24) is 9.66 Å². The molecule has 1 aromatic carbocycles. The van der Waals surface area contributed by atoms with E-state index < -0.39 is 0 Å². The molecule has 2 fully saturated rings. The second-order valence-corrected chi connectivity index (χ2v) is 9.56. The Morgan fingerprint density at radius 3 is 2.41 bits per heavy atom. The van der Waals surface area contributed by atoms with E-state index in [2.05, 4.69) is 35.1 Å². The van der Waals surface area contributed by atoms with Gasteiger partial charge in [-0.25, -0.2) is 9.98 Å². The van der Waals surface area contributed by atoms with Gasteiger partial charge in [0.05, 0.1) is 17.1 Å². The molecular weight excluding hydrogens is 398 g/mol. The van der Waals surface area contributed by atoms with Gasteiger partial charge in [-0.15, -0.1) is 0 Å². The third-order valence-corrected chi connectivity index (χ3v) is 7.25. The molecule has 6 heteroatoms. The second kappa shape index (κ2) is 8.64. The molecule has 1 aromatic heterocycles. The molecule has 5 rings (SSSR count). The van der Waals surface area contributed by atoms with Crippen molar-refractivity contribution in [3.63, 3.8) is 0 Å². The van der Waals surface area contributed by atoms with E-state index in [1.54, 1.807) is 0 Å². The third kappa shape index (κ3) is 3.80. The van der Waals surface area contributed by atoms with Crippen molar-refractivity contribution < 1.29 is 0 Å². The largest absolute Gasteiger partial charge is 0.372 e. The molecule has 2 aromatic rings. The Kier molecular flexibility index (Phi) is 5.70. The normalized spacial score (nSPS) is 20.5. The van der Waals surface area contributed by atoms with Crippen LogP contribution in [0.3, 0.4) is 0 Å². The number of rotatable bonds is 3. The van der Waals surface area contributed by atoms with Crippen LogP contribution < -0.4 is 10.5 Å². The molecule has 0 atom stereocenters. The SMILES string of the molecule is CC1=Nn2c(nc(C3CCCCC3)c(C)c2=O)C1=Nc1ccc(N2CCCCC2)cc1C. The summed E-state index contributed by atoms with van der Waals surface area (Å²) >= 11 is 0. The second-order valence-electron chi connectivity index (χ2n) is 9.56. The van der Waals surface area contributed by atoms with Crippen LogP contribution in [0.4, 0.5) is 11.4 Å². The zero-order chi connectivity index (χ0) is 22.2. The van der Waals surface area contributed by atoms with Gasteiger partial charge in [0.25, 0.3) is 5.56 Å². The van der Waals surface area contributed by atoms with Gasteiger partial charge in [-0.1, -0.05) is 19.3 Å². The maximum atomic E-state index is 13.1. The molecule has 1 saturated heterocycles. The van der Waals surface area contributed by atoms with Gasteiger partial charge in [-0.2, -0.15) is 9.78 Å². The quantitative estimate of drug-likeness (QED) is 0.666. The Labute approximate surface area is 190 Å². The lowest BCUT2D eigenvalue weighted by Gasteiger charge is -2.29. The molecule has 0 bridgehead atoms. The molecule has 1 aliphatic carbocycles. The number of benzene rings is 1. The topological polar surface area (TPSA) is 62.9 Å². The van der Waals surface area contributed by atoms with E-state index >= 15 is 0 Å². The predicted molar refractivity (Wildman–Crippen MR) is 131 cm³/mol. The molecule has 168 valence electrons. The van der Waals surface area contributed by atoms with Crippen LogP contribution >= 0.6 is 0 Å². The van der Waals surface area contributed by atoms with Gasteiger partial charge in [0.15, 0.2) is 5.82 Å². The third-order valence-electron chi connectivity index (χ3n) is 7.25. The highest BCUT2D eigenvalue weighted by atomic mass is 16.1. The minimum absolute atomic E-state index is 0.0581. The van der Waals surface area contributed by atoms with E-state index in [4.69, 9.17) is 9.98 Å². The molecule has 3 aliphatic rings. The number of nitrogens with zero attached hydrogens (tertiary/aromatic N) is 5. The average molecular weight is 432 g/mol. The number of anilines is 1. The van der Waals surface area contributed by atoms with Crippen molar-refractivity contribution in [2.24, 2.45) is 10.1 Å². The zero-order valence-electron chi connectivity index (χ0n) is 19.5. The number of aliphatic imine (C=N–C) groups is 1. The maximum Gasteiger partial charge on any atom is 0.277 e. The van der Waals surface area contributed by atoms with Gasteiger partial charge >= 0.3 is 0 Å². The van der Waals surface area contributed by atoms with Crippen LogP contribution in [0, 0.1) is 13.8 Å². The lowest BCUT2D eigenvalue weighted by molar-refractivity contribution is 0.433. The first-order valence-electron chi connectivity index (χ1n) is 12.2. The summed E-state index contributed by atoms with van der Waals surface area (Å²) in [7, 11) is 0. The summed E-state index contributed by atoms with van der Waals surface area (Å²) in [4.78, 5) is 25.5. The highest BCUT2D eigenvalue weighted by Gasteiger charge is 2.28. The summed E-state index contributed by atoms with van der Waals surface area (Å²) in [5.74, 6) is 0.966. The fourth-order valence-electron chi connectivity index (χ4n) is 5.35. The van der Waals surface area contributed by atoms with E-state index in [1.165, 1.54) is 48.9 Å². The number of hydrogen-bond acceptors (Lipinski definition) is 5. The molecular formula is C26H33N5O. The summed E-state index contributed by atoms with van der Waals surface area (Å²) in [5.41, 5.74) is 6.41. The van der Waals surface area contributed by atoms with Gasteiger partial charge in [0.1, 0.15) is 5.71 Å². The molecule has 3 heterocycles. The monoisotopic (exact) mass is 431 g/mol. The highest BCUT2D eigenvalue weighted by molar-refractivity contribution is 6.48. The van der Waals surface area contributed by atoms with E-state index in [1.807, 2.05) is 13.8 Å². The van der Waals surface area contributed by atoms with Gasteiger partial charge in [-0.3, -0.25) is 4.79 Å². The summed E-state index contributed by atoms with van der Waals surface area (Å²) in [6.45, 7) is 8.18. The number of piperidine rings is 1. The van der Waals surface area contributed by atoms with Crippen molar-refractivity contribution in [2.45, 2.75) is 78.1 Å². The van der Waals surface area contributed by atoms with E-state index in [0.717, 1.165) is 54.2 Å². The van der Waals surface area contributed by atoms with E-state index in [-0.39, 0.29) is 5.56 Å². The molecule has 0 unspecified atom stereocenters. The van der Waals surface area contributed by atoms with Gasteiger partial charge in [-0.05, 0) is 76.6 Å². The average Bonchev–Trinajstić information content (AvgIpc) is 3.14. The summed E-state index contributed by atoms with van der Waals surface area (Å²) in [5, 5.41) is 4.52. The Morgan fingerprint density at radius 2 is 1.69 bits per heavy atom. The molecule has 0 N–H and O–H groups in total. The number of aryl methyl sites for hydroxylation is 1. The van der Waals surface area contributed by atoms with Crippen LogP contribution in [0.2, 0.25) is 0 Å². The number of aromatic nitrogens is 2. The van der Waals surface area contributed by atoms with Crippen molar-refractivity contribution in [3.05, 3.63) is 51.2 Å². The standard InChI is InChI=1S/C26H33N5O/c1-17-16-21(30-14-8-5-9-15-30)12-13-22(17)27-24-19(3)29-31-25(24)28-23(18(2)26(31)32)20-10-6-4-7-11-20/h12-13,16,20H,4-11,14-15H2,1-3H3. The summed E-state index contributed by atoms with van der Waals surface area (Å²) in [6, 6.07) is 6.49. The lowest BCUT2D eigenvalue weighted by Crippen LogP contribution is -2.29. The van der Waals surface area contributed by atoms with Crippen molar-refractivity contribution in [1.29, 1.82) is 0 Å². The van der Waals surface area contributed by atoms with Crippen LogP contribution in [0.15, 0.2) is 33.1 Å². The smallest absolute Gasteiger partial charge is 0.277 e. The van der Waals surface area contributed by atoms with Crippen molar-refractivity contribution in [2.75, 3.05) is 18.0 Å². The molecule has 32 heavy (non-hydrogen) atoms. The Hall–Kier alpha value is -2.76. The van der Waals surface area contributed by atoms with Crippen molar-refractivity contribution in [3.8, 4) is 0 Å². The minimum atomic E-state index is -0.0581. The first kappa shape index (κ1) is 21.1. The maximum absolute atomic E-state index is 13.1. The zero-order valence-corrected chi connectivity index (χ0v) is 19.5. The Balaban J connectivity index is 1.52. The fraction of sp³-hybridized carbons (Fsp3) is 0.538. The van der Waals surface area contributed by atoms with Crippen LogP contribution in [-0.2, 0) is 0 Å². The highest BCUT2D eigenvalue weighted by Crippen LogP contribution is 2.33.